The zero-order valence-electron chi connectivity index (χ0n) is 16.2. The van der Waals surface area contributed by atoms with Gasteiger partial charge in [0.05, 0.1) is 24.4 Å². The van der Waals surface area contributed by atoms with Crippen molar-refractivity contribution in [2.45, 2.75) is 51.7 Å². The van der Waals surface area contributed by atoms with Crippen LogP contribution in [0.15, 0.2) is 6.07 Å². The molecule has 2 aromatic rings. The van der Waals surface area contributed by atoms with E-state index in [0.717, 1.165) is 42.3 Å². The molecule has 0 spiro atoms. The van der Waals surface area contributed by atoms with Gasteiger partial charge in [-0.2, -0.15) is 0 Å². The SMILES string of the molecule is Cc1cc(C)c2c(N)c(C(=O)OCC(=O)N3CCOC4CCCCC43)sc2n1. The molecule has 2 unspecified atom stereocenters. The van der Waals surface area contributed by atoms with Gasteiger partial charge in [0, 0.05) is 17.6 Å². The zero-order valence-corrected chi connectivity index (χ0v) is 17.0. The number of aromatic nitrogens is 1. The molecule has 0 aromatic carbocycles. The molecule has 3 heterocycles. The Kier molecular flexibility index (Phi) is 5.25. The highest BCUT2D eigenvalue weighted by Gasteiger charge is 2.37. The number of esters is 1. The van der Waals surface area contributed by atoms with E-state index in [4.69, 9.17) is 15.2 Å². The Labute approximate surface area is 167 Å². The number of anilines is 1. The van der Waals surface area contributed by atoms with Crippen LogP contribution in [0.2, 0.25) is 0 Å². The summed E-state index contributed by atoms with van der Waals surface area (Å²) < 4.78 is 11.1. The van der Waals surface area contributed by atoms with Crippen LogP contribution in [0.4, 0.5) is 5.69 Å². The van der Waals surface area contributed by atoms with E-state index in [1.165, 1.54) is 11.3 Å². The molecule has 1 aliphatic heterocycles. The van der Waals surface area contributed by atoms with Gasteiger partial charge in [-0.15, -0.1) is 11.3 Å². The first-order valence-electron chi connectivity index (χ1n) is 9.70. The summed E-state index contributed by atoms with van der Waals surface area (Å²) in [5.74, 6) is -0.738. The molecule has 28 heavy (non-hydrogen) atoms. The number of morpholine rings is 1. The van der Waals surface area contributed by atoms with Crippen molar-refractivity contribution in [2.24, 2.45) is 0 Å². The van der Waals surface area contributed by atoms with Gasteiger partial charge in [0.15, 0.2) is 6.61 Å². The molecule has 150 valence electrons. The Morgan fingerprint density at radius 2 is 2.14 bits per heavy atom. The van der Waals surface area contributed by atoms with E-state index >= 15 is 0 Å². The number of aryl methyl sites for hydroxylation is 2. The number of nitrogen functional groups attached to an aromatic ring is 1. The van der Waals surface area contributed by atoms with E-state index in [2.05, 4.69) is 4.98 Å². The number of rotatable bonds is 3. The fourth-order valence-corrected chi connectivity index (χ4v) is 5.41. The normalized spacial score (nSPS) is 22.1. The summed E-state index contributed by atoms with van der Waals surface area (Å²) in [4.78, 5) is 32.6. The number of nitrogens with zero attached hydrogens (tertiary/aromatic N) is 2. The van der Waals surface area contributed by atoms with Gasteiger partial charge in [-0.25, -0.2) is 9.78 Å². The Morgan fingerprint density at radius 3 is 2.96 bits per heavy atom. The summed E-state index contributed by atoms with van der Waals surface area (Å²) in [6, 6.07) is 2.03. The van der Waals surface area contributed by atoms with Crippen molar-refractivity contribution in [3.63, 3.8) is 0 Å². The van der Waals surface area contributed by atoms with Gasteiger partial charge < -0.3 is 20.1 Å². The molecule has 0 radical (unpaired) electrons. The fourth-order valence-electron chi connectivity index (χ4n) is 4.30. The van der Waals surface area contributed by atoms with Crippen molar-refractivity contribution in [3.8, 4) is 0 Å². The largest absolute Gasteiger partial charge is 0.451 e. The summed E-state index contributed by atoms with van der Waals surface area (Å²) in [7, 11) is 0. The molecule has 2 aromatic heterocycles. The molecule has 2 N–H and O–H groups in total. The predicted octanol–water partition coefficient (Wildman–Crippen LogP) is 2.82. The molecule has 7 nitrogen and oxygen atoms in total. The maximum atomic E-state index is 12.7. The molecule has 1 saturated carbocycles. The topological polar surface area (TPSA) is 94.8 Å². The maximum absolute atomic E-state index is 12.7. The fraction of sp³-hybridized carbons (Fsp3) is 0.550. The van der Waals surface area contributed by atoms with E-state index < -0.39 is 5.97 Å². The third-order valence-corrected chi connectivity index (χ3v) is 6.67. The highest BCUT2D eigenvalue weighted by molar-refractivity contribution is 7.21. The second-order valence-electron chi connectivity index (χ2n) is 7.53. The third kappa shape index (κ3) is 3.46. The molecule has 0 bridgehead atoms. The van der Waals surface area contributed by atoms with Crippen LogP contribution in [0.1, 0.15) is 46.6 Å². The molecule has 8 heteroatoms. The number of carbonyl (C=O) groups excluding carboxylic acids is 2. The lowest BCUT2D eigenvalue weighted by molar-refractivity contribution is -0.152. The van der Waals surface area contributed by atoms with E-state index in [0.29, 0.717) is 28.5 Å². The molecule has 4 rings (SSSR count). The number of pyridine rings is 1. The summed E-state index contributed by atoms with van der Waals surface area (Å²) in [5, 5.41) is 0.784. The number of nitrogens with two attached hydrogens (primary N) is 1. The lowest BCUT2D eigenvalue weighted by Gasteiger charge is -2.43. The zero-order chi connectivity index (χ0) is 19.8. The van der Waals surface area contributed by atoms with Crippen LogP contribution in [0.3, 0.4) is 0 Å². The van der Waals surface area contributed by atoms with Gasteiger partial charge in [-0.1, -0.05) is 12.8 Å². The number of ether oxygens (including phenoxy) is 2. The first-order valence-corrected chi connectivity index (χ1v) is 10.5. The summed E-state index contributed by atoms with van der Waals surface area (Å²) >= 11 is 1.21. The van der Waals surface area contributed by atoms with Gasteiger partial charge in [0.1, 0.15) is 9.71 Å². The first-order chi connectivity index (χ1) is 13.5. The van der Waals surface area contributed by atoms with Gasteiger partial charge >= 0.3 is 5.97 Å². The number of fused-ring (bicyclic) bond motifs is 2. The van der Waals surface area contributed by atoms with Gasteiger partial charge in [0.25, 0.3) is 5.91 Å². The van der Waals surface area contributed by atoms with Crippen LogP contribution in [0.5, 0.6) is 0 Å². The molecule has 2 aliphatic rings. The Hall–Kier alpha value is -2.19. The average molecular weight is 404 g/mol. The lowest BCUT2D eigenvalue weighted by atomic mass is 9.90. The molecule has 1 amide bonds. The summed E-state index contributed by atoms with van der Waals surface area (Å²) in [5.41, 5.74) is 8.41. The monoisotopic (exact) mass is 403 g/mol. The highest BCUT2D eigenvalue weighted by Crippen LogP contribution is 2.35. The summed E-state index contributed by atoms with van der Waals surface area (Å²) in [6.45, 7) is 4.65. The van der Waals surface area contributed by atoms with Crippen molar-refractivity contribution in [1.82, 2.24) is 9.88 Å². The second-order valence-corrected chi connectivity index (χ2v) is 8.53. The Bertz CT molecular complexity index is 924. The number of hydrogen-bond donors (Lipinski definition) is 1. The smallest absolute Gasteiger partial charge is 0.351 e. The van der Waals surface area contributed by atoms with Crippen molar-refractivity contribution in [3.05, 3.63) is 22.2 Å². The van der Waals surface area contributed by atoms with Crippen LogP contribution in [0.25, 0.3) is 10.2 Å². The van der Waals surface area contributed by atoms with E-state index in [-0.39, 0.29) is 24.7 Å². The van der Waals surface area contributed by atoms with Crippen LogP contribution in [0, 0.1) is 13.8 Å². The number of hydrogen-bond acceptors (Lipinski definition) is 7. The number of amides is 1. The van der Waals surface area contributed by atoms with E-state index in [1.54, 1.807) is 0 Å². The third-order valence-electron chi connectivity index (χ3n) is 5.59. The molecule has 1 saturated heterocycles. The van der Waals surface area contributed by atoms with Crippen molar-refractivity contribution in [1.29, 1.82) is 0 Å². The Morgan fingerprint density at radius 1 is 1.36 bits per heavy atom. The maximum Gasteiger partial charge on any atom is 0.351 e. The number of thiophene rings is 1. The van der Waals surface area contributed by atoms with Crippen LogP contribution >= 0.6 is 11.3 Å². The van der Waals surface area contributed by atoms with Gasteiger partial charge in [0.2, 0.25) is 0 Å². The quantitative estimate of drug-likeness (QED) is 0.792. The number of carbonyl (C=O) groups is 2. The molecule has 2 atom stereocenters. The minimum Gasteiger partial charge on any atom is -0.451 e. The Balaban J connectivity index is 1.45. The predicted molar refractivity (Wildman–Crippen MR) is 107 cm³/mol. The highest BCUT2D eigenvalue weighted by atomic mass is 32.1. The van der Waals surface area contributed by atoms with Crippen LogP contribution in [-0.2, 0) is 14.3 Å². The van der Waals surface area contributed by atoms with Crippen molar-refractivity contribution >= 4 is 39.1 Å². The van der Waals surface area contributed by atoms with Crippen LogP contribution < -0.4 is 5.73 Å². The molecule has 1 aliphatic carbocycles. The summed E-state index contributed by atoms with van der Waals surface area (Å²) in [6.07, 6.45) is 4.27. The van der Waals surface area contributed by atoms with E-state index in [1.807, 2.05) is 24.8 Å². The molecular formula is C20H25N3O4S. The standard InChI is InChI=1S/C20H25N3O4S/c1-11-9-12(2)22-19-16(11)17(21)18(28-19)20(25)27-10-15(24)23-7-8-26-14-6-4-3-5-13(14)23/h9,13-14H,3-8,10,21H2,1-2H3. The van der Waals surface area contributed by atoms with Gasteiger partial charge in [-0.05, 0) is 38.3 Å². The minimum atomic E-state index is -0.570. The lowest BCUT2D eigenvalue weighted by Crippen LogP contribution is -2.55. The minimum absolute atomic E-state index is 0.0953. The van der Waals surface area contributed by atoms with Crippen molar-refractivity contribution < 1.29 is 19.1 Å². The average Bonchev–Trinajstić information content (AvgIpc) is 3.02. The van der Waals surface area contributed by atoms with Gasteiger partial charge in [-0.3, -0.25) is 4.79 Å². The van der Waals surface area contributed by atoms with Crippen LogP contribution in [-0.4, -0.2) is 53.7 Å². The second kappa shape index (κ2) is 7.67. The molecular weight excluding hydrogens is 378 g/mol. The van der Waals surface area contributed by atoms with E-state index in [9.17, 15) is 9.59 Å². The molecule has 2 fully saturated rings. The van der Waals surface area contributed by atoms with Crippen molar-refractivity contribution in [2.75, 3.05) is 25.5 Å². The first kappa shape index (κ1) is 19.1.